The molecule has 1 aromatic heterocycles. The van der Waals surface area contributed by atoms with Crippen LogP contribution in [0.15, 0.2) is 36.7 Å². The Labute approximate surface area is 113 Å². The van der Waals surface area contributed by atoms with Gasteiger partial charge in [-0.05, 0) is 30.2 Å². The molecule has 1 aliphatic rings. The fourth-order valence-corrected chi connectivity index (χ4v) is 2.98. The van der Waals surface area contributed by atoms with Crippen molar-refractivity contribution in [3.8, 4) is 0 Å². The molecular weight excluding hydrogens is 236 g/mol. The van der Waals surface area contributed by atoms with Gasteiger partial charge in [-0.2, -0.15) is 0 Å². The maximum absolute atomic E-state index is 11.5. The predicted octanol–water partition coefficient (Wildman–Crippen LogP) is 2.84. The molecule has 0 spiro atoms. The quantitative estimate of drug-likeness (QED) is 0.915. The van der Waals surface area contributed by atoms with E-state index in [1.165, 1.54) is 10.9 Å². The van der Waals surface area contributed by atoms with Gasteiger partial charge >= 0.3 is 0 Å². The van der Waals surface area contributed by atoms with Crippen molar-refractivity contribution < 1.29 is 4.79 Å². The van der Waals surface area contributed by atoms with Gasteiger partial charge in [0, 0.05) is 29.7 Å². The van der Waals surface area contributed by atoms with Crippen molar-refractivity contribution in [2.45, 2.75) is 38.1 Å². The number of amides is 1. The van der Waals surface area contributed by atoms with Crippen LogP contribution in [0.3, 0.4) is 0 Å². The summed E-state index contributed by atoms with van der Waals surface area (Å²) in [6.45, 7) is 2.14. The number of fused-ring (bicyclic) bond motifs is 1. The highest BCUT2D eigenvalue weighted by Crippen LogP contribution is 2.30. The first-order valence-corrected chi connectivity index (χ1v) is 6.85. The molecule has 0 aliphatic carbocycles. The van der Waals surface area contributed by atoms with E-state index < -0.39 is 0 Å². The van der Waals surface area contributed by atoms with Crippen LogP contribution >= 0.6 is 0 Å². The molecule has 0 bridgehead atoms. The number of nitrogens with one attached hydrogen (secondary N) is 1. The number of rotatable bonds is 3. The summed E-state index contributed by atoms with van der Waals surface area (Å²) in [5.74, 6) is 0.176. The lowest BCUT2D eigenvalue weighted by Gasteiger charge is -2.28. The fraction of sp³-hybridized carbons (Fsp3) is 0.375. The number of hydrogen-bond donors (Lipinski definition) is 1. The summed E-state index contributed by atoms with van der Waals surface area (Å²) in [5.41, 5.74) is 1.14. The zero-order valence-electron chi connectivity index (χ0n) is 11.1. The van der Waals surface area contributed by atoms with E-state index in [1.807, 2.05) is 18.5 Å². The van der Waals surface area contributed by atoms with Gasteiger partial charge in [-0.15, -0.1) is 0 Å². The van der Waals surface area contributed by atoms with E-state index in [-0.39, 0.29) is 11.4 Å². The monoisotopic (exact) mass is 254 g/mol. The van der Waals surface area contributed by atoms with Crippen molar-refractivity contribution in [3.05, 3.63) is 42.2 Å². The van der Waals surface area contributed by atoms with Gasteiger partial charge in [0.1, 0.15) is 0 Å². The second-order valence-corrected chi connectivity index (χ2v) is 5.38. The fourth-order valence-electron chi connectivity index (χ4n) is 2.98. The van der Waals surface area contributed by atoms with E-state index in [0.717, 1.165) is 24.6 Å². The largest absolute Gasteiger partial charge is 0.350 e. The average molecular weight is 254 g/mol. The lowest BCUT2D eigenvalue weighted by atomic mass is 9.86. The predicted molar refractivity (Wildman–Crippen MR) is 75.8 cm³/mol. The van der Waals surface area contributed by atoms with Gasteiger partial charge in [-0.1, -0.05) is 31.2 Å². The molecule has 1 N–H and O–H groups in total. The highest BCUT2D eigenvalue weighted by atomic mass is 16.2. The topological polar surface area (TPSA) is 42.0 Å². The Hall–Kier alpha value is -1.90. The van der Waals surface area contributed by atoms with E-state index in [2.05, 4.69) is 35.4 Å². The van der Waals surface area contributed by atoms with Gasteiger partial charge in [0.15, 0.2) is 0 Å². The van der Waals surface area contributed by atoms with Gasteiger partial charge in [-0.25, -0.2) is 0 Å². The molecule has 1 amide bonds. The highest BCUT2D eigenvalue weighted by molar-refractivity contribution is 5.85. The summed E-state index contributed by atoms with van der Waals surface area (Å²) in [7, 11) is 0. The average Bonchev–Trinajstić information content (AvgIpc) is 2.81. The third-order valence-corrected chi connectivity index (χ3v) is 4.19. The highest BCUT2D eigenvalue weighted by Gasteiger charge is 2.36. The van der Waals surface area contributed by atoms with Gasteiger partial charge in [0.05, 0.1) is 0 Å². The minimum atomic E-state index is -0.0805. The summed E-state index contributed by atoms with van der Waals surface area (Å²) < 4.78 is 0. The van der Waals surface area contributed by atoms with Gasteiger partial charge < -0.3 is 5.32 Å². The third-order valence-electron chi connectivity index (χ3n) is 4.19. The number of carbonyl (C=O) groups is 1. The standard InChI is InChI=1S/C16H18N2O/c1-2-16(8-7-15(19)18-16)9-13-11-17-10-12-5-3-4-6-14(12)13/h3-6,10-11H,2,7-9H2,1H3,(H,18,19). The number of benzene rings is 1. The van der Waals surface area contributed by atoms with Crippen LogP contribution in [0.5, 0.6) is 0 Å². The first-order valence-electron chi connectivity index (χ1n) is 6.85. The van der Waals surface area contributed by atoms with E-state index in [1.54, 1.807) is 0 Å². The molecule has 1 fully saturated rings. The number of carbonyl (C=O) groups excluding carboxylic acids is 1. The molecule has 1 saturated heterocycles. The molecule has 2 aromatic rings. The maximum Gasteiger partial charge on any atom is 0.220 e. The van der Waals surface area contributed by atoms with Crippen molar-refractivity contribution >= 4 is 16.7 Å². The summed E-state index contributed by atoms with van der Waals surface area (Å²) in [6, 6.07) is 8.29. The molecule has 0 radical (unpaired) electrons. The van der Waals surface area contributed by atoms with Crippen LogP contribution in [0, 0.1) is 0 Å². The Kier molecular flexibility index (Phi) is 2.97. The summed E-state index contributed by atoms with van der Waals surface area (Å²) >= 11 is 0. The summed E-state index contributed by atoms with van der Waals surface area (Å²) in [4.78, 5) is 15.9. The molecular formula is C16H18N2O. The second-order valence-electron chi connectivity index (χ2n) is 5.38. The number of aromatic nitrogens is 1. The number of hydrogen-bond acceptors (Lipinski definition) is 2. The number of nitrogens with zero attached hydrogens (tertiary/aromatic N) is 1. The van der Waals surface area contributed by atoms with E-state index in [0.29, 0.717) is 6.42 Å². The Balaban J connectivity index is 1.99. The molecule has 1 atom stereocenters. The van der Waals surface area contributed by atoms with Crippen LogP contribution in [0.1, 0.15) is 31.7 Å². The van der Waals surface area contributed by atoms with Gasteiger partial charge in [0.2, 0.25) is 5.91 Å². The molecule has 1 aromatic carbocycles. The van der Waals surface area contributed by atoms with Crippen LogP contribution in [-0.2, 0) is 11.2 Å². The van der Waals surface area contributed by atoms with Crippen LogP contribution in [0.25, 0.3) is 10.8 Å². The normalized spacial score (nSPS) is 22.7. The van der Waals surface area contributed by atoms with Crippen LogP contribution in [0.4, 0.5) is 0 Å². The van der Waals surface area contributed by atoms with Crippen LogP contribution < -0.4 is 5.32 Å². The first-order chi connectivity index (χ1) is 9.22. The van der Waals surface area contributed by atoms with Crippen molar-refractivity contribution in [1.29, 1.82) is 0 Å². The van der Waals surface area contributed by atoms with Crippen molar-refractivity contribution in [2.75, 3.05) is 0 Å². The zero-order valence-corrected chi connectivity index (χ0v) is 11.1. The Bertz CT molecular complexity index is 618. The first kappa shape index (κ1) is 12.2. The Morgan fingerprint density at radius 1 is 1.32 bits per heavy atom. The lowest BCUT2D eigenvalue weighted by Crippen LogP contribution is -2.43. The van der Waals surface area contributed by atoms with E-state index >= 15 is 0 Å². The second kappa shape index (κ2) is 4.65. The molecule has 2 heterocycles. The molecule has 3 nitrogen and oxygen atoms in total. The van der Waals surface area contributed by atoms with E-state index in [4.69, 9.17) is 0 Å². The number of pyridine rings is 1. The third kappa shape index (κ3) is 2.21. The van der Waals surface area contributed by atoms with Gasteiger partial charge in [-0.3, -0.25) is 9.78 Å². The smallest absolute Gasteiger partial charge is 0.220 e. The zero-order chi connectivity index (χ0) is 13.3. The van der Waals surface area contributed by atoms with E-state index in [9.17, 15) is 4.79 Å². The summed E-state index contributed by atoms with van der Waals surface area (Å²) in [5, 5.41) is 5.57. The Morgan fingerprint density at radius 3 is 2.89 bits per heavy atom. The van der Waals surface area contributed by atoms with Crippen molar-refractivity contribution in [1.82, 2.24) is 10.3 Å². The van der Waals surface area contributed by atoms with Crippen molar-refractivity contribution in [2.24, 2.45) is 0 Å². The van der Waals surface area contributed by atoms with Crippen LogP contribution in [0.2, 0.25) is 0 Å². The maximum atomic E-state index is 11.5. The van der Waals surface area contributed by atoms with Gasteiger partial charge in [0.25, 0.3) is 0 Å². The molecule has 1 unspecified atom stereocenters. The lowest BCUT2D eigenvalue weighted by molar-refractivity contribution is -0.119. The molecule has 0 saturated carbocycles. The summed E-state index contributed by atoms with van der Waals surface area (Å²) in [6.07, 6.45) is 7.22. The molecule has 3 heteroatoms. The molecule has 1 aliphatic heterocycles. The minimum Gasteiger partial charge on any atom is -0.350 e. The van der Waals surface area contributed by atoms with Crippen LogP contribution in [-0.4, -0.2) is 16.4 Å². The minimum absolute atomic E-state index is 0.0805. The SMILES string of the molecule is CCC1(Cc2cncc3ccccc23)CCC(=O)N1. The molecule has 98 valence electrons. The Morgan fingerprint density at radius 2 is 2.16 bits per heavy atom. The molecule has 19 heavy (non-hydrogen) atoms. The van der Waals surface area contributed by atoms with Crippen molar-refractivity contribution in [3.63, 3.8) is 0 Å². The molecule has 3 rings (SSSR count).